The van der Waals surface area contributed by atoms with E-state index in [-0.39, 0.29) is 46.9 Å². The van der Waals surface area contributed by atoms with E-state index in [9.17, 15) is 18.3 Å². The minimum atomic E-state index is -4.67. The smallest absolute Gasteiger partial charge is 0.387 e. The van der Waals surface area contributed by atoms with Gasteiger partial charge in [0, 0.05) is 101 Å². The molecule has 0 aliphatic heterocycles. The third-order valence-electron chi connectivity index (χ3n) is 10.9. The number of rotatable bonds is 10. The fourth-order valence-electron chi connectivity index (χ4n) is 7.92. The number of alkyl halides is 3. The number of aliphatic hydroxyl groups is 2. The monoisotopic (exact) mass is 1050 g/mol. The van der Waals surface area contributed by atoms with Gasteiger partial charge in [0.2, 0.25) is 0 Å². The summed E-state index contributed by atoms with van der Waals surface area (Å²) in [4.78, 5) is 0.424. The van der Waals surface area contributed by atoms with Crippen molar-refractivity contribution in [1.82, 2.24) is 0 Å². The number of hydrogen-bond acceptors (Lipinski definition) is 5. The molecule has 1 heterocycles. The van der Waals surface area contributed by atoms with Crippen molar-refractivity contribution >= 4 is 79.0 Å². The van der Waals surface area contributed by atoms with Crippen molar-refractivity contribution in [2.45, 2.75) is 24.8 Å². The van der Waals surface area contributed by atoms with Crippen LogP contribution in [-0.4, -0.2) is 22.5 Å². The van der Waals surface area contributed by atoms with Gasteiger partial charge in [0.15, 0.2) is 20.4 Å². The molecule has 324 valence electrons. The van der Waals surface area contributed by atoms with Gasteiger partial charge in [-0.2, -0.15) is 13.2 Å². The molecular weight excluding hydrogens is 1010 g/mol. The molecule has 0 radical (unpaired) electrons. The summed E-state index contributed by atoms with van der Waals surface area (Å²) < 4.78 is 68.1. The molecule has 11 heteroatoms. The predicted octanol–water partition coefficient (Wildman–Crippen LogP) is 11.0. The van der Waals surface area contributed by atoms with Crippen LogP contribution in [-0.2, 0) is 9.13 Å². The topological polar surface area (TPSA) is 74.6 Å². The summed E-state index contributed by atoms with van der Waals surface area (Å²) in [7, 11) is -6.94. The van der Waals surface area contributed by atoms with Gasteiger partial charge in [0.25, 0.3) is 0 Å². The van der Waals surface area contributed by atoms with Crippen LogP contribution in [0.1, 0.15) is 17.4 Å². The van der Waals surface area contributed by atoms with Crippen molar-refractivity contribution in [3.63, 3.8) is 0 Å². The van der Waals surface area contributed by atoms with Crippen LogP contribution < -0.4 is 31.8 Å². The van der Waals surface area contributed by atoms with Crippen LogP contribution in [0.15, 0.2) is 212 Å². The summed E-state index contributed by atoms with van der Waals surface area (Å²) >= 11 is 1.16. The predicted molar refractivity (Wildman–Crippen MR) is 252 cm³/mol. The van der Waals surface area contributed by atoms with Gasteiger partial charge in [-0.15, -0.1) is 11.3 Å². The number of hydrogen-bond donors (Lipinski definition) is 2. The second-order valence-corrected chi connectivity index (χ2v) is 21.2. The fourth-order valence-corrected chi connectivity index (χ4v) is 14.4. The summed E-state index contributed by atoms with van der Waals surface area (Å²) in [6.45, 7) is 0. The van der Waals surface area contributed by atoms with Gasteiger partial charge in [0.05, 0.1) is 6.10 Å². The first-order valence-electron chi connectivity index (χ1n) is 19.9. The van der Waals surface area contributed by atoms with E-state index in [1.807, 2.05) is 158 Å². The summed E-state index contributed by atoms with van der Waals surface area (Å²) in [5, 5.41) is 28.1. The second kappa shape index (κ2) is 20.2. The van der Waals surface area contributed by atoms with Crippen LogP contribution in [0.4, 0.5) is 13.2 Å². The van der Waals surface area contributed by atoms with Crippen LogP contribution >= 0.6 is 25.6 Å². The number of fused-ring (bicyclic) bond motifs is 2. The van der Waals surface area contributed by atoms with E-state index in [1.165, 1.54) is 6.07 Å². The molecular formula is C52H41F3O4P2SYb. The number of aliphatic hydroxyl groups excluding tert-OH is 2. The summed E-state index contributed by atoms with van der Waals surface area (Å²) in [5.74, 6) is 0. The maximum Gasteiger partial charge on any atom is 0.414 e. The zero-order valence-corrected chi connectivity index (χ0v) is 37.8. The molecule has 2 unspecified atom stereocenters. The van der Waals surface area contributed by atoms with Crippen molar-refractivity contribution in [3.8, 4) is 11.1 Å². The largest absolute Gasteiger partial charge is 0.414 e. The molecule has 1 aromatic heterocycles. The third-order valence-corrected chi connectivity index (χ3v) is 18.1. The van der Waals surface area contributed by atoms with Crippen LogP contribution in [0.5, 0.6) is 0 Å². The van der Waals surface area contributed by atoms with Gasteiger partial charge >= 0.3 is 6.18 Å². The first kappa shape index (κ1) is 46.7. The molecule has 0 fully saturated rings. The maximum atomic E-state index is 16.2. The minimum absolute atomic E-state index is 0. The van der Waals surface area contributed by atoms with E-state index in [0.29, 0.717) is 4.88 Å². The number of halogens is 3. The molecule has 0 bridgehead atoms. The maximum absolute atomic E-state index is 16.2. The van der Waals surface area contributed by atoms with Gasteiger partial charge < -0.3 is 19.3 Å². The average Bonchev–Trinajstić information content (AvgIpc) is 3.87. The number of benzene rings is 8. The molecule has 0 aliphatic rings. The average molecular weight is 1050 g/mol. The van der Waals surface area contributed by atoms with Crippen LogP contribution in [0.25, 0.3) is 32.7 Å². The summed E-state index contributed by atoms with van der Waals surface area (Å²) in [6.07, 6.45) is -9.12. The molecule has 0 saturated carbocycles. The third kappa shape index (κ3) is 9.57. The van der Waals surface area contributed by atoms with Crippen molar-refractivity contribution in [2.24, 2.45) is 0 Å². The Morgan fingerprint density at radius 1 is 0.460 bits per heavy atom. The number of thiophene rings is 1. The molecule has 9 rings (SSSR count). The molecule has 2 atom stereocenters. The first-order chi connectivity index (χ1) is 30.0. The van der Waals surface area contributed by atoms with Gasteiger partial charge in [-0.25, -0.2) is 0 Å². The summed E-state index contributed by atoms with van der Waals surface area (Å²) in [6, 6.07) is 67.1. The van der Waals surface area contributed by atoms with Gasteiger partial charge in [0.1, 0.15) is 0 Å². The Morgan fingerprint density at radius 2 is 0.810 bits per heavy atom. The zero-order valence-electron chi connectivity index (χ0n) is 33.5. The summed E-state index contributed by atoms with van der Waals surface area (Å²) in [5.41, 5.74) is 1.70. The zero-order chi connectivity index (χ0) is 43.3. The Bertz CT molecular complexity index is 2760. The van der Waals surface area contributed by atoms with Gasteiger partial charge in [-0.3, -0.25) is 0 Å². The van der Waals surface area contributed by atoms with E-state index >= 15 is 9.13 Å². The molecule has 2 N–H and O–H groups in total. The molecule has 0 saturated heterocycles. The van der Waals surface area contributed by atoms with Crippen LogP contribution in [0.3, 0.4) is 0 Å². The molecule has 4 nitrogen and oxygen atoms in total. The Hall–Kier alpha value is -4.33. The van der Waals surface area contributed by atoms with E-state index in [0.717, 1.165) is 75.8 Å². The molecule has 63 heavy (non-hydrogen) atoms. The van der Waals surface area contributed by atoms with E-state index < -0.39 is 39.1 Å². The standard InChI is InChI=1S/C44H32O2P2.C8H9F3O2S.Yb/c45-47(35-19-5-1-6-20-35,36-21-7-2-8-22-36)41-31-29-33-17-13-15-27-39(33)43(41)44-40-28-16-14-18-34(40)30-32-42(44)48(46,37-23-9-3-10-24-37)38-25-11-4-12-26-38;9-8(10,11)7(13)4-5(12)6-2-1-3-14-6;/h1-32H;1-3,5,7,12-13H,4H2;. The Labute approximate surface area is 407 Å². The van der Waals surface area contributed by atoms with Gasteiger partial charge in [-0.05, 0) is 45.1 Å². The molecule has 8 aromatic carbocycles. The van der Waals surface area contributed by atoms with Crippen molar-refractivity contribution < 1.29 is 79.4 Å². The quantitative estimate of drug-likeness (QED) is 0.134. The van der Waals surface area contributed by atoms with E-state index in [1.54, 1.807) is 11.4 Å². The van der Waals surface area contributed by atoms with Crippen molar-refractivity contribution in [1.29, 1.82) is 0 Å². The second-order valence-electron chi connectivity index (χ2n) is 14.7. The molecule has 0 aliphatic carbocycles. The Morgan fingerprint density at radius 3 is 1.14 bits per heavy atom. The Balaban J connectivity index is 0.000000341. The van der Waals surface area contributed by atoms with E-state index in [2.05, 4.69) is 36.4 Å². The molecule has 0 amide bonds. The van der Waals surface area contributed by atoms with Crippen molar-refractivity contribution in [2.75, 3.05) is 0 Å². The van der Waals surface area contributed by atoms with Crippen molar-refractivity contribution in [3.05, 3.63) is 217 Å². The van der Waals surface area contributed by atoms with Gasteiger partial charge in [-0.1, -0.05) is 188 Å². The van der Waals surface area contributed by atoms with E-state index in [4.69, 9.17) is 5.11 Å². The molecule has 9 aromatic rings. The minimum Gasteiger partial charge on any atom is -0.387 e. The normalized spacial score (nSPS) is 12.8. The fraction of sp³-hybridized carbons (Fsp3) is 0.0769. The molecule has 0 spiro atoms. The first-order valence-corrected chi connectivity index (χ1v) is 24.2. The van der Waals surface area contributed by atoms with Crippen LogP contribution in [0, 0.1) is 46.9 Å². The van der Waals surface area contributed by atoms with Crippen LogP contribution in [0.2, 0.25) is 0 Å². The SMILES string of the molecule is O=P(c1ccccc1)(c1ccccc1)c1ccc2ccccc2c1-c1c(P(=O)(c2ccccc2)c2ccccc2)ccc2ccccc12.OC(CC(O)C(F)(F)F)c1cccs1.[Yb]. The Kier molecular flexibility index (Phi) is 15.0.